The van der Waals surface area contributed by atoms with Crippen molar-refractivity contribution in [3.8, 4) is 0 Å². The number of rotatable bonds is 6. The van der Waals surface area contributed by atoms with Crippen molar-refractivity contribution in [2.45, 2.75) is 24.7 Å². The van der Waals surface area contributed by atoms with Crippen LogP contribution in [0.15, 0.2) is 29.2 Å². The van der Waals surface area contributed by atoms with Crippen LogP contribution in [0.4, 0.5) is 5.69 Å². The summed E-state index contributed by atoms with van der Waals surface area (Å²) in [6.45, 7) is 2.41. The Morgan fingerprint density at radius 2 is 2.11 bits per heavy atom. The highest BCUT2D eigenvalue weighted by atomic mass is 32.2. The van der Waals surface area contributed by atoms with Gasteiger partial charge in [-0.05, 0) is 30.7 Å². The lowest BCUT2D eigenvalue weighted by Gasteiger charge is -2.12. The molecule has 0 radical (unpaired) electrons. The van der Waals surface area contributed by atoms with E-state index in [-0.39, 0.29) is 16.7 Å². The summed E-state index contributed by atoms with van der Waals surface area (Å²) < 4.78 is 22.4. The highest BCUT2D eigenvalue weighted by Gasteiger charge is 2.12. The molecule has 1 atom stereocenters. The third kappa shape index (κ3) is 4.98. The molecule has 7 heteroatoms. The normalized spacial score (nSPS) is 13.0. The zero-order valence-electron chi connectivity index (χ0n) is 10.8. The van der Waals surface area contributed by atoms with Crippen molar-refractivity contribution < 1.29 is 13.2 Å². The Hall–Kier alpha value is -1.44. The van der Waals surface area contributed by atoms with Crippen molar-refractivity contribution in [2.24, 2.45) is 16.8 Å². The molecule has 1 aromatic rings. The fourth-order valence-corrected chi connectivity index (χ4v) is 2.18. The number of hydrogen-bond donors (Lipinski definition) is 3. The first-order valence-electron chi connectivity index (χ1n) is 5.99. The zero-order chi connectivity index (χ0) is 14.5. The Morgan fingerprint density at radius 1 is 1.42 bits per heavy atom. The molecule has 19 heavy (non-hydrogen) atoms. The maximum absolute atomic E-state index is 11.8. The molecule has 0 saturated heterocycles. The monoisotopic (exact) mass is 285 g/mol. The number of anilines is 1. The van der Waals surface area contributed by atoms with E-state index < -0.39 is 10.0 Å². The molecule has 1 aromatic carbocycles. The predicted molar refractivity (Wildman–Crippen MR) is 73.9 cm³/mol. The van der Waals surface area contributed by atoms with E-state index in [9.17, 15) is 13.2 Å². The number of primary sulfonamides is 1. The van der Waals surface area contributed by atoms with Crippen LogP contribution >= 0.6 is 0 Å². The number of amides is 1. The Labute approximate surface area is 113 Å². The van der Waals surface area contributed by atoms with Gasteiger partial charge in [-0.1, -0.05) is 19.4 Å². The van der Waals surface area contributed by atoms with Crippen LogP contribution in [0, 0.1) is 5.92 Å². The summed E-state index contributed by atoms with van der Waals surface area (Å²) in [6, 6.07) is 5.84. The smallest absolute Gasteiger partial charge is 0.238 e. The van der Waals surface area contributed by atoms with Gasteiger partial charge < -0.3 is 11.1 Å². The first-order valence-corrected chi connectivity index (χ1v) is 7.54. The van der Waals surface area contributed by atoms with Crippen LogP contribution in [0.25, 0.3) is 0 Å². The number of benzene rings is 1. The van der Waals surface area contributed by atoms with Crippen molar-refractivity contribution in [1.82, 2.24) is 0 Å². The molecule has 0 fully saturated rings. The van der Waals surface area contributed by atoms with Crippen LogP contribution in [0.1, 0.15) is 19.8 Å². The van der Waals surface area contributed by atoms with Crippen LogP contribution in [-0.4, -0.2) is 20.9 Å². The molecular weight excluding hydrogens is 266 g/mol. The summed E-state index contributed by atoms with van der Waals surface area (Å²) in [5, 5.41) is 7.66. The highest BCUT2D eigenvalue weighted by molar-refractivity contribution is 7.89. The van der Waals surface area contributed by atoms with Crippen LogP contribution in [0.3, 0.4) is 0 Å². The Bertz CT molecular complexity index is 539. The average molecular weight is 285 g/mol. The van der Waals surface area contributed by atoms with E-state index in [1.165, 1.54) is 18.2 Å². The van der Waals surface area contributed by atoms with E-state index in [1.54, 1.807) is 6.07 Å². The van der Waals surface area contributed by atoms with Gasteiger partial charge in [0.05, 0.1) is 4.90 Å². The molecule has 1 rings (SSSR count). The SMILES string of the molecule is CCC(CN)CC(=O)Nc1cccc(S(N)(=O)=O)c1. The molecule has 106 valence electrons. The second-order valence-corrected chi connectivity index (χ2v) is 5.90. The lowest BCUT2D eigenvalue weighted by Crippen LogP contribution is -2.22. The predicted octanol–water partition coefficient (Wildman–Crippen LogP) is 0.647. The maximum atomic E-state index is 11.8. The van der Waals surface area contributed by atoms with E-state index in [2.05, 4.69) is 5.32 Å². The van der Waals surface area contributed by atoms with Gasteiger partial charge in [-0.2, -0.15) is 0 Å². The quantitative estimate of drug-likeness (QED) is 0.711. The summed E-state index contributed by atoms with van der Waals surface area (Å²) in [5.74, 6) is -0.0645. The standard InChI is InChI=1S/C12H19N3O3S/c1-2-9(8-13)6-12(16)15-10-4-3-5-11(7-10)19(14,17)18/h3-5,7,9H,2,6,8,13H2,1H3,(H,15,16)(H2,14,17,18). The topological polar surface area (TPSA) is 115 Å². The van der Waals surface area contributed by atoms with Gasteiger partial charge >= 0.3 is 0 Å². The van der Waals surface area contributed by atoms with Gasteiger partial charge in [0.15, 0.2) is 0 Å². The van der Waals surface area contributed by atoms with Crippen LogP contribution in [0.2, 0.25) is 0 Å². The molecular formula is C12H19N3O3S. The molecule has 0 saturated carbocycles. The fourth-order valence-electron chi connectivity index (χ4n) is 1.62. The van der Waals surface area contributed by atoms with Crippen molar-refractivity contribution in [3.05, 3.63) is 24.3 Å². The summed E-state index contributed by atoms with van der Waals surface area (Å²) in [7, 11) is -3.76. The van der Waals surface area contributed by atoms with Crippen LogP contribution < -0.4 is 16.2 Å². The van der Waals surface area contributed by atoms with Crippen molar-refractivity contribution in [1.29, 1.82) is 0 Å². The van der Waals surface area contributed by atoms with Crippen LogP contribution in [-0.2, 0) is 14.8 Å². The Kier molecular flexibility index (Phi) is 5.46. The molecule has 0 bridgehead atoms. The minimum absolute atomic E-state index is 0.0313. The van der Waals surface area contributed by atoms with Gasteiger partial charge in [0.25, 0.3) is 0 Å². The second-order valence-electron chi connectivity index (χ2n) is 4.34. The lowest BCUT2D eigenvalue weighted by molar-refractivity contribution is -0.117. The van der Waals surface area contributed by atoms with Gasteiger partial charge in [0.2, 0.25) is 15.9 Å². The van der Waals surface area contributed by atoms with Crippen LogP contribution in [0.5, 0.6) is 0 Å². The first kappa shape index (κ1) is 15.6. The van der Waals surface area contributed by atoms with Crippen molar-refractivity contribution in [3.63, 3.8) is 0 Å². The first-order chi connectivity index (χ1) is 8.86. The molecule has 6 nitrogen and oxygen atoms in total. The molecule has 0 aliphatic rings. The van der Waals surface area contributed by atoms with Crippen molar-refractivity contribution in [2.75, 3.05) is 11.9 Å². The fraction of sp³-hybridized carbons (Fsp3) is 0.417. The van der Waals surface area contributed by atoms with E-state index in [1.807, 2.05) is 6.92 Å². The van der Waals surface area contributed by atoms with Gasteiger partial charge in [-0.25, -0.2) is 13.6 Å². The molecule has 0 spiro atoms. The minimum atomic E-state index is -3.76. The Balaban J connectivity index is 2.75. The summed E-state index contributed by atoms with van der Waals surface area (Å²) in [5.41, 5.74) is 5.94. The molecule has 0 aromatic heterocycles. The summed E-state index contributed by atoms with van der Waals surface area (Å²) in [4.78, 5) is 11.7. The number of hydrogen-bond acceptors (Lipinski definition) is 4. The third-order valence-corrected chi connectivity index (χ3v) is 3.74. The second kappa shape index (κ2) is 6.65. The largest absolute Gasteiger partial charge is 0.330 e. The van der Waals surface area contributed by atoms with Gasteiger partial charge in [0.1, 0.15) is 0 Å². The summed E-state index contributed by atoms with van der Waals surface area (Å²) in [6.07, 6.45) is 1.13. The number of nitrogens with two attached hydrogens (primary N) is 2. The van der Waals surface area contributed by atoms with E-state index in [0.29, 0.717) is 18.7 Å². The van der Waals surface area contributed by atoms with Gasteiger partial charge in [-0.15, -0.1) is 0 Å². The molecule has 0 aliphatic heterocycles. The Morgan fingerprint density at radius 3 is 2.63 bits per heavy atom. The number of nitrogens with one attached hydrogen (secondary N) is 1. The maximum Gasteiger partial charge on any atom is 0.238 e. The molecule has 0 aliphatic carbocycles. The van der Waals surface area contributed by atoms with Gasteiger partial charge in [-0.3, -0.25) is 4.79 Å². The average Bonchev–Trinajstić information content (AvgIpc) is 2.35. The minimum Gasteiger partial charge on any atom is -0.330 e. The highest BCUT2D eigenvalue weighted by Crippen LogP contribution is 2.15. The number of carbonyl (C=O) groups excluding carboxylic acids is 1. The number of sulfonamides is 1. The van der Waals surface area contributed by atoms with E-state index >= 15 is 0 Å². The lowest BCUT2D eigenvalue weighted by atomic mass is 10.0. The zero-order valence-corrected chi connectivity index (χ0v) is 11.6. The van der Waals surface area contributed by atoms with Crippen molar-refractivity contribution >= 4 is 21.6 Å². The molecule has 1 unspecified atom stereocenters. The van der Waals surface area contributed by atoms with Gasteiger partial charge in [0, 0.05) is 12.1 Å². The molecule has 0 heterocycles. The third-order valence-electron chi connectivity index (χ3n) is 2.83. The summed E-state index contributed by atoms with van der Waals surface area (Å²) >= 11 is 0. The number of carbonyl (C=O) groups is 1. The van der Waals surface area contributed by atoms with E-state index in [0.717, 1.165) is 6.42 Å². The van der Waals surface area contributed by atoms with E-state index in [4.69, 9.17) is 10.9 Å². The molecule has 1 amide bonds. The molecule has 5 N–H and O–H groups in total.